The third-order valence-electron chi connectivity index (χ3n) is 3.04. The van der Waals surface area contributed by atoms with Crippen molar-refractivity contribution >= 4 is 45.0 Å². The standard InChI is InChI=1S/C12H16BrClN2S/c1-8-5-12(6-15,7-17-8)16-9-2-3-11(14)10(13)4-9/h2-4,8,16H,5-7,15H2,1H3. The molecule has 1 aliphatic heterocycles. The van der Waals surface area contributed by atoms with Crippen LogP contribution in [-0.4, -0.2) is 23.1 Å². The summed E-state index contributed by atoms with van der Waals surface area (Å²) in [6.07, 6.45) is 1.11. The van der Waals surface area contributed by atoms with Crippen molar-refractivity contribution in [3.8, 4) is 0 Å². The highest BCUT2D eigenvalue weighted by Gasteiger charge is 2.36. The fourth-order valence-electron chi connectivity index (χ4n) is 2.13. The van der Waals surface area contributed by atoms with Crippen LogP contribution in [0.25, 0.3) is 0 Å². The maximum atomic E-state index is 5.99. The summed E-state index contributed by atoms with van der Waals surface area (Å²) in [6, 6.07) is 5.90. The van der Waals surface area contributed by atoms with E-state index in [9.17, 15) is 0 Å². The average molecular weight is 336 g/mol. The Labute approximate surface area is 120 Å². The van der Waals surface area contributed by atoms with Crippen molar-refractivity contribution in [3.63, 3.8) is 0 Å². The third kappa shape index (κ3) is 3.11. The summed E-state index contributed by atoms with van der Waals surface area (Å²) in [5.74, 6) is 1.06. The molecular formula is C12H16BrClN2S. The number of halogens is 2. The highest BCUT2D eigenvalue weighted by atomic mass is 79.9. The summed E-state index contributed by atoms with van der Waals surface area (Å²) in [4.78, 5) is 0. The molecule has 1 aliphatic rings. The van der Waals surface area contributed by atoms with Crippen molar-refractivity contribution in [1.29, 1.82) is 0 Å². The van der Waals surface area contributed by atoms with Gasteiger partial charge in [-0.05, 0) is 40.5 Å². The number of anilines is 1. The van der Waals surface area contributed by atoms with Gasteiger partial charge in [-0.2, -0.15) is 11.8 Å². The van der Waals surface area contributed by atoms with E-state index >= 15 is 0 Å². The molecule has 17 heavy (non-hydrogen) atoms. The van der Waals surface area contributed by atoms with Crippen LogP contribution >= 0.6 is 39.3 Å². The molecule has 0 aromatic heterocycles. The van der Waals surface area contributed by atoms with Crippen molar-refractivity contribution in [2.45, 2.75) is 24.1 Å². The number of hydrogen-bond donors (Lipinski definition) is 2. The SMILES string of the molecule is CC1CC(CN)(Nc2ccc(Cl)c(Br)c2)CS1. The Morgan fingerprint density at radius 2 is 2.41 bits per heavy atom. The van der Waals surface area contributed by atoms with Gasteiger partial charge in [-0.1, -0.05) is 18.5 Å². The number of nitrogens with one attached hydrogen (secondary N) is 1. The Morgan fingerprint density at radius 3 is 2.94 bits per heavy atom. The topological polar surface area (TPSA) is 38.0 Å². The summed E-state index contributed by atoms with van der Waals surface area (Å²) in [7, 11) is 0. The minimum atomic E-state index is 0.0252. The van der Waals surface area contributed by atoms with Gasteiger partial charge in [0.05, 0.1) is 10.6 Å². The monoisotopic (exact) mass is 334 g/mol. The normalized spacial score (nSPS) is 28.4. The van der Waals surface area contributed by atoms with Gasteiger partial charge in [0.1, 0.15) is 0 Å². The molecule has 94 valence electrons. The van der Waals surface area contributed by atoms with Crippen molar-refractivity contribution in [2.75, 3.05) is 17.6 Å². The quantitative estimate of drug-likeness (QED) is 0.884. The van der Waals surface area contributed by atoms with E-state index in [-0.39, 0.29) is 5.54 Å². The second kappa shape index (κ2) is 5.39. The smallest absolute Gasteiger partial charge is 0.0596 e. The maximum Gasteiger partial charge on any atom is 0.0596 e. The molecule has 1 aromatic carbocycles. The Hall–Kier alpha value is 0.1000. The van der Waals surface area contributed by atoms with Gasteiger partial charge in [-0.25, -0.2) is 0 Å². The molecular weight excluding hydrogens is 320 g/mol. The van der Waals surface area contributed by atoms with Gasteiger partial charge in [0, 0.05) is 27.7 Å². The van der Waals surface area contributed by atoms with Gasteiger partial charge >= 0.3 is 0 Å². The van der Waals surface area contributed by atoms with Crippen LogP contribution in [0.3, 0.4) is 0 Å². The Bertz CT molecular complexity index is 415. The van der Waals surface area contributed by atoms with Crippen LogP contribution in [0.15, 0.2) is 22.7 Å². The lowest BCUT2D eigenvalue weighted by Gasteiger charge is -2.29. The summed E-state index contributed by atoms with van der Waals surface area (Å²) >= 11 is 11.4. The molecule has 2 unspecified atom stereocenters. The van der Waals surface area contributed by atoms with Crippen molar-refractivity contribution in [1.82, 2.24) is 0 Å². The molecule has 1 fully saturated rings. The number of benzene rings is 1. The first-order valence-electron chi connectivity index (χ1n) is 5.59. The van der Waals surface area contributed by atoms with Crippen LogP contribution < -0.4 is 11.1 Å². The molecule has 0 radical (unpaired) electrons. The summed E-state index contributed by atoms with van der Waals surface area (Å²) in [5.41, 5.74) is 7.03. The van der Waals surface area contributed by atoms with Crippen LogP contribution in [0.5, 0.6) is 0 Å². The molecule has 0 bridgehead atoms. The third-order valence-corrected chi connectivity index (χ3v) is 5.71. The summed E-state index contributed by atoms with van der Waals surface area (Å²) < 4.78 is 0.912. The van der Waals surface area contributed by atoms with E-state index in [4.69, 9.17) is 17.3 Å². The van der Waals surface area contributed by atoms with Crippen LogP contribution in [-0.2, 0) is 0 Å². The van der Waals surface area contributed by atoms with Crippen LogP contribution in [0.1, 0.15) is 13.3 Å². The zero-order chi connectivity index (χ0) is 12.5. The molecule has 1 aromatic rings. The number of hydrogen-bond acceptors (Lipinski definition) is 3. The molecule has 2 atom stereocenters. The van der Waals surface area contributed by atoms with E-state index in [1.165, 1.54) is 0 Å². The molecule has 3 N–H and O–H groups in total. The lowest BCUT2D eigenvalue weighted by Crippen LogP contribution is -2.45. The lowest BCUT2D eigenvalue weighted by molar-refractivity contribution is 0.513. The molecule has 2 rings (SSSR count). The van der Waals surface area contributed by atoms with E-state index in [0.29, 0.717) is 11.8 Å². The Balaban J connectivity index is 2.16. The van der Waals surface area contributed by atoms with Crippen LogP contribution in [0, 0.1) is 0 Å². The molecule has 2 nitrogen and oxygen atoms in total. The number of rotatable bonds is 3. The molecule has 0 aliphatic carbocycles. The maximum absolute atomic E-state index is 5.99. The first kappa shape index (κ1) is 13.5. The Morgan fingerprint density at radius 1 is 1.65 bits per heavy atom. The van der Waals surface area contributed by atoms with Crippen LogP contribution in [0.2, 0.25) is 5.02 Å². The Kier molecular flexibility index (Phi) is 4.29. The van der Waals surface area contributed by atoms with E-state index in [2.05, 4.69) is 28.2 Å². The van der Waals surface area contributed by atoms with Crippen molar-refractivity contribution in [3.05, 3.63) is 27.7 Å². The molecule has 0 spiro atoms. The second-order valence-corrected chi connectivity index (χ2v) is 7.25. The largest absolute Gasteiger partial charge is 0.377 e. The van der Waals surface area contributed by atoms with E-state index in [1.807, 2.05) is 30.0 Å². The van der Waals surface area contributed by atoms with Crippen molar-refractivity contribution in [2.24, 2.45) is 5.73 Å². The van der Waals surface area contributed by atoms with Gasteiger partial charge in [-0.15, -0.1) is 0 Å². The summed E-state index contributed by atoms with van der Waals surface area (Å²) in [5, 5.41) is 4.96. The molecule has 1 saturated heterocycles. The fraction of sp³-hybridized carbons (Fsp3) is 0.500. The highest BCUT2D eigenvalue weighted by molar-refractivity contribution is 9.10. The minimum Gasteiger partial charge on any atom is -0.377 e. The average Bonchev–Trinajstić information content (AvgIpc) is 2.66. The van der Waals surface area contributed by atoms with Gasteiger partial charge < -0.3 is 11.1 Å². The first-order valence-corrected chi connectivity index (χ1v) is 7.81. The van der Waals surface area contributed by atoms with Gasteiger partial charge in [0.25, 0.3) is 0 Å². The fourth-order valence-corrected chi connectivity index (χ4v) is 3.98. The molecule has 1 heterocycles. The lowest BCUT2D eigenvalue weighted by atomic mass is 9.96. The zero-order valence-corrected chi connectivity index (χ0v) is 12.8. The zero-order valence-electron chi connectivity index (χ0n) is 9.67. The van der Waals surface area contributed by atoms with E-state index in [0.717, 1.165) is 27.4 Å². The van der Waals surface area contributed by atoms with E-state index in [1.54, 1.807) is 0 Å². The second-order valence-electron chi connectivity index (χ2n) is 4.56. The minimum absolute atomic E-state index is 0.0252. The highest BCUT2D eigenvalue weighted by Crippen LogP contribution is 2.37. The van der Waals surface area contributed by atoms with Gasteiger partial charge in [0.15, 0.2) is 0 Å². The predicted molar refractivity (Wildman–Crippen MR) is 81.1 cm³/mol. The molecule has 5 heteroatoms. The molecule has 0 amide bonds. The summed E-state index contributed by atoms with van der Waals surface area (Å²) in [6.45, 7) is 2.91. The van der Waals surface area contributed by atoms with Gasteiger partial charge in [-0.3, -0.25) is 0 Å². The number of nitrogens with two attached hydrogens (primary N) is 1. The predicted octanol–water partition coefficient (Wildman–Crippen LogP) is 3.74. The molecule has 0 saturated carbocycles. The number of thioether (sulfide) groups is 1. The van der Waals surface area contributed by atoms with Crippen LogP contribution in [0.4, 0.5) is 5.69 Å². The first-order chi connectivity index (χ1) is 8.04. The van der Waals surface area contributed by atoms with Gasteiger partial charge in [0.2, 0.25) is 0 Å². The van der Waals surface area contributed by atoms with Crippen molar-refractivity contribution < 1.29 is 0 Å². The van der Waals surface area contributed by atoms with E-state index < -0.39 is 0 Å².